The largest absolute Gasteiger partial charge is 0.497 e. The number of benzene rings is 2. The molecule has 2 rings (SSSR count). The summed E-state index contributed by atoms with van der Waals surface area (Å²) in [6, 6.07) is 14.7. The van der Waals surface area contributed by atoms with E-state index in [1.807, 2.05) is 24.3 Å². The van der Waals surface area contributed by atoms with Crippen molar-refractivity contribution >= 4 is 11.6 Å². The number of anilines is 1. The summed E-state index contributed by atoms with van der Waals surface area (Å²) in [5, 5.41) is 1.07. The Morgan fingerprint density at radius 1 is 1.00 bits per heavy atom. The number of hydrazine groups is 1. The fourth-order valence-electron chi connectivity index (χ4n) is 2.15. The van der Waals surface area contributed by atoms with Gasteiger partial charge < -0.3 is 9.47 Å². The number of carbonyl (C=O) groups excluding carboxylic acids is 1. The summed E-state index contributed by atoms with van der Waals surface area (Å²) in [6.07, 6.45) is 0. The third-order valence-corrected chi connectivity index (χ3v) is 3.70. The highest BCUT2D eigenvalue weighted by atomic mass is 16.5. The highest BCUT2D eigenvalue weighted by Crippen LogP contribution is 2.24. The van der Waals surface area contributed by atoms with Gasteiger partial charge in [-0.25, -0.2) is 10.9 Å². The number of hydrogen-bond acceptors (Lipinski definition) is 4. The van der Waals surface area contributed by atoms with E-state index in [1.165, 1.54) is 5.56 Å². The minimum Gasteiger partial charge on any atom is -0.497 e. The van der Waals surface area contributed by atoms with Gasteiger partial charge in [-0.1, -0.05) is 32.9 Å². The molecule has 0 unspecified atom stereocenters. The second-order valence-corrected chi connectivity index (χ2v) is 6.52. The number of amides is 1. The van der Waals surface area contributed by atoms with Crippen LogP contribution in [0.25, 0.3) is 0 Å². The number of carbonyl (C=O) groups is 1. The second kappa shape index (κ2) is 7.36. The first-order chi connectivity index (χ1) is 11.3. The van der Waals surface area contributed by atoms with Crippen LogP contribution in [0, 0.1) is 0 Å². The van der Waals surface area contributed by atoms with Gasteiger partial charge in [0.1, 0.15) is 11.5 Å². The Morgan fingerprint density at radius 2 is 1.54 bits per heavy atom. The SMILES string of the molecule is COc1ccc(N(N)C(=O)COc2ccc(C(C)(C)C)cc2)cc1. The first kappa shape index (κ1) is 17.8. The molecule has 24 heavy (non-hydrogen) atoms. The van der Waals surface area contributed by atoms with Crippen molar-refractivity contribution in [3.05, 3.63) is 54.1 Å². The Kier molecular flexibility index (Phi) is 5.46. The highest BCUT2D eigenvalue weighted by Gasteiger charge is 2.15. The number of nitrogens with two attached hydrogens (primary N) is 1. The predicted molar refractivity (Wildman–Crippen MR) is 95.3 cm³/mol. The minimum atomic E-state index is -0.333. The van der Waals surface area contributed by atoms with Crippen LogP contribution in [0.5, 0.6) is 11.5 Å². The maximum absolute atomic E-state index is 12.1. The Labute approximate surface area is 143 Å². The van der Waals surface area contributed by atoms with Gasteiger partial charge in [0.25, 0.3) is 5.91 Å². The van der Waals surface area contributed by atoms with Crippen molar-refractivity contribution in [2.45, 2.75) is 26.2 Å². The Bertz CT molecular complexity index is 673. The standard InChI is InChI=1S/C19H24N2O3/c1-19(2,3)14-5-9-17(10-6-14)24-13-18(22)21(20)15-7-11-16(23-4)12-8-15/h5-12H,13,20H2,1-4H3. The molecule has 0 spiro atoms. The van der Waals surface area contributed by atoms with Gasteiger partial charge in [-0.05, 0) is 47.4 Å². The Morgan fingerprint density at radius 3 is 2.04 bits per heavy atom. The van der Waals surface area contributed by atoms with Crippen molar-refractivity contribution in [2.24, 2.45) is 5.84 Å². The molecular formula is C19H24N2O3. The van der Waals surface area contributed by atoms with Gasteiger partial charge >= 0.3 is 0 Å². The lowest BCUT2D eigenvalue weighted by atomic mass is 9.87. The van der Waals surface area contributed by atoms with Crippen LogP contribution >= 0.6 is 0 Å². The van der Waals surface area contributed by atoms with E-state index in [0.717, 1.165) is 5.01 Å². The molecule has 0 atom stereocenters. The van der Waals surface area contributed by atoms with Crippen molar-refractivity contribution in [2.75, 3.05) is 18.7 Å². The van der Waals surface area contributed by atoms with Gasteiger partial charge in [0.2, 0.25) is 0 Å². The normalized spacial score (nSPS) is 11.0. The smallest absolute Gasteiger partial charge is 0.279 e. The Balaban J connectivity index is 1.94. The molecule has 0 aromatic heterocycles. The van der Waals surface area contributed by atoms with Crippen LogP contribution in [0.15, 0.2) is 48.5 Å². The van der Waals surface area contributed by atoms with E-state index in [1.54, 1.807) is 31.4 Å². The Hall–Kier alpha value is -2.53. The summed E-state index contributed by atoms with van der Waals surface area (Å²) in [5.41, 5.74) is 1.86. The summed E-state index contributed by atoms with van der Waals surface area (Å²) in [6.45, 7) is 6.31. The quantitative estimate of drug-likeness (QED) is 0.520. The lowest BCUT2D eigenvalue weighted by molar-refractivity contribution is -0.120. The van der Waals surface area contributed by atoms with Crippen LogP contribution in [0.3, 0.4) is 0 Å². The van der Waals surface area contributed by atoms with E-state index in [9.17, 15) is 4.79 Å². The van der Waals surface area contributed by atoms with Crippen LogP contribution in [0.4, 0.5) is 5.69 Å². The molecule has 1 amide bonds. The summed E-state index contributed by atoms with van der Waals surface area (Å²) in [7, 11) is 1.58. The maximum Gasteiger partial charge on any atom is 0.279 e. The van der Waals surface area contributed by atoms with E-state index < -0.39 is 0 Å². The lowest BCUT2D eigenvalue weighted by Gasteiger charge is -2.20. The van der Waals surface area contributed by atoms with E-state index >= 15 is 0 Å². The number of methoxy groups -OCH3 is 1. The van der Waals surface area contributed by atoms with E-state index in [-0.39, 0.29) is 17.9 Å². The van der Waals surface area contributed by atoms with Gasteiger partial charge in [0.15, 0.2) is 6.61 Å². The summed E-state index contributed by atoms with van der Waals surface area (Å²) >= 11 is 0. The maximum atomic E-state index is 12.1. The topological polar surface area (TPSA) is 64.8 Å². The van der Waals surface area contributed by atoms with Crippen molar-refractivity contribution < 1.29 is 14.3 Å². The van der Waals surface area contributed by atoms with Crippen LogP contribution in [0.2, 0.25) is 0 Å². The number of nitrogens with zero attached hydrogens (tertiary/aromatic N) is 1. The number of ether oxygens (including phenoxy) is 2. The number of hydrogen-bond donors (Lipinski definition) is 1. The molecule has 2 N–H and O–H groups in total. The van der Waals surface area contributed by atoms with Gasteiger partial charge in [-0.15, -0.1) is 0 Å². The summed E-state index contributed by atoms with van der Waals surface area (Å²) in [4.78, 5) is 12.1. The van der Waals surface area contributed by atoms with E-state index in [2.05, 4.69) is 20.8 Å². The molecule has 0 aliphatic carbocycles. The molecule has 0 bridgehead atoms. The molecular weight excluding hydrogens is 304 g/mol. The van der Waals surface area contributed by atoms with E-state index in [0.29, 0.717) is 17.2 Å². The molecule has 5 heteroatoms. The third kappa shape index (κ3) is 4.49. The molecule has 2 aromatic rings. The van der Waals surface area contributed by atoms with Crippen molar-refractivity contribution in [1.29, 1.82) is 0 Å². The molecule has 0 aliphatic heterocycles. The van der Waals surface area contributed by atoms with Crippen LogP contribution < -0.4 is 20.3 Å². The second-order valence-electron chi connectivity index (χ2n) is 6.52. The fourth-order valence-corrected chi connectivity index (χ4v) is 2.15. The fraction of sp³-hybridized carbons (Fsp3) is 0.316. The molecule has 0 radical (unpaired) electrons. The van der Waals surface area contributed by atoms with Crippen molar-refractivity contribution in [3.8, 4) is 11.5 Å². The monoisotopic (exact) mass is 328 g/mol. The predicted octanol–water partition coefficient (Wildman–Crippen LogP) is 3.28. The lowest BCUT2D eigenvalue weighted by Crippen LogP contribution is -2.40. The van der Waals surface area contributed by atoms with Gasteiger partial charge in [0.05, 0.1) is 12.8 Å². The molecule has 0 fully saturated rings. The molecule has 0 heterocycles. The molecule has 0 saturated carbocycles. The van der Waals surface area contributed by atoms with Gasteiger partial charge in [0, 0.05) is 0 Å². The molecule has 2 aromatic carbocycles. The zero-order valence-electron chi connectivity index (χ0n) is 14.6. The third-order valence-electron chi connectivity index (χ3n) is 3.70. The first-order valence-electron chi connectivity index (χ1n) is 7.76. The average molecular weight is 328 g/mol. The van der Waals surface area contributed by atoms with Crippen molar-refractivity contribution in [1.82, 2.24) is 0 Å². The number of rotatable bonds is 5. The van der Waals surface area contributed by atoms with Crippen molar-refractivity contribution in [3.63, 3.8) is 0 Å². The zero-order valence-corrected chi connectivity index (χ0v) is 14.6. The van der Waals surface area contributed by atoms with Crippen LogP contribution in [-0.2, 0) is 10.2 Å². The molecule has 0 saturated heterocycles. The summed E-state index contributed by atoms with van der Waals surface area (Å²) < 4.78 is 10.6. The minimum absolute atomic E-state index is 0.0801. The highest BCUT2D eigenvalue weighted by molar-refractivity contribution is 5.93. The van der Waals surface area contributed by atoms with Crippen LogP contribution in [-0.4, -0.2) is 19.6 Å². The van der Waals surface area contributed by atoms with Gasteiger partial charge in [-0.2, -0.15) is 0 Å². The average Bonchev–Trinajstić information content (AvgIpc) is 2.58. The molecule has 128 valence electrons. The zero-order chi connectivity index (χ0) is 17.7. The molecule has 5 nitrogen and oxygen atoms in total. The van der Waals surface area contributed by atoms with Crippen LogP contribution in [0.1, 0.15) is 26.3 Å². The van der Waals surface area contributed by atoms with E-state index in [4.69, 9.17) is 15.3 Å². The first-order valence-corrected chi connectivity index (χ1v) is 7.76. The summed E-state index contributed by atoms with van der Waals surface area (Å²) in [5.74, 6) is 6.85. The van der Waals surface area contributed by atoms with Gasteiger partial charge in [-0.3, -0.25) is 4.79 Å². The molecule has 0 aliphatic rings.